The molecule has 0 saturated carbocycles. The smallest absolute Gasteiger partial charge is 0.267 e. The zero-order valence-corrected chi connectivity index (χ0v) is 24.7. The number of hydrogen-bond donors (Lipinski definition) is 0. The fourth-order valence-corrected chi connectivity index (χ4v) is 5.36. The predicted octanol–water partition coefficient (Wildman–Crippen LogP) is 8.87. The van der Waals surface area contributed by atoms with Gasteiger partial charge in [-0.15, -0.1) is 0 Å². The SMILES string of the molecule is CCCCCCCC/C=C\CCCCCCCCCCCCOP(=O)([O-])OCCC1=C(C)[N+](C)=CC1. The van der Waals surface area contributed by atoms with E-state index in [1.807, 2.05) is 14.0 Å². The highest BCUT2D eigenvalue weighted by atomic mass is 31.2. The summed E-state index contributed by atoms with van der Waals surface area (Å²) >= 11 is 0. The van der Waals surface area contributed by atoms with Crippen LogP contribution in [0.1, 0.15) is 142 Å². The van der Waals surface area contributed by atoms with Crippen molar-refractivity contribution in [1.29, 1.82) is 0 Å². The molecule has 1 heterocycles. The van der Waals surface area contributed by atoms with Gasteiger partial charge < -0.3 is 13.9 Å². The van der Waals surface area contributed by atoms with E-state index in [4.69, 9.17) is 9.05 Å². The van der Waals surface area contributed by atoms with Crippen LogP contribution < -0.4 is 4.89 Å². The maximum Gasteiger partial charge on any atom is 0.267 e. The third-order valence-electron chi connectivity index (χ3n) is 7.21. The van der Waals surface area contributed by atoms with Gasteiger partial charge in [0, 0.05) is 12.5 Å². The number of nitrogens with zero attached hydrogens (tertiary/aromatic N) is 1. The normalized spacial score (nSPS) is 15.7. The minimum atomic E-state index is -4.18. The molecule has 0 radical (unpaired) electrons. The van der Waals surface area contributed by atoms with E-state index in [9.17, 15) is 9.46 Å². The molecule has 6 heteroatoms. The molecule has 0 aromatic carbocycles. The number of allylic oxidation sites excluding steroid dienone is 3. The fourth-order valence-electron chi connectivity index (χ4n) is 4.62. The van der Waals surface area contributed by atoms with E-state index in [0.717, 1.165) is 25.7 Å². The van der Waals surface area contributed by atoms with Crippen molar-refractivity contribution in [2.75, 3.05) is 20.3 Å². The van der Waals surface area contributed by atoms with Crippen molar-refractivity contribution in [3.8, 4) is 0 Å². The van der Waals surface area contributed by atoms with E-state index in [1.165, 1.54) is 108 Å². The van der Waals surface area contributed by atoms with Gasteiger partial charge in [0.1, 0.15) is 13.3 Å². The summed E-state index contributed by atoms with van der Waals surface area (Å²) in [7, 11) is -2.18. The molecule has 1 aliphatic rings. The van der Waals surface area contributed by atoms with Crippen LogP contribution in [0, 0.1) is 0 Å². The third-order valence-corrected chi connectivity index (χ3v) is 8.21. The van der Waals surface area contributed by atoms with Crippen LogP contribution in [0.15, 0.2) is 23.4 Å². The van der Waals surface area contributed by atoms with Crippen molar-refractivity contribution in [3.63, 3.8) is 0 Å². The Morgan fingerprint density at radius 2 is 1.28 bits per heavy atom. The second-order valence-corrected chi connectivity index (χ2v) is 11.8. The van der Waals surface area contributed by atoms with E-state index in [0.29, 0.717) is 6.42 Å². The lowest BCUT2D eigenvalue weighted by Crippen LogP contribution is -2.10. The minimum Gasteiger partial charge on any atom is -0.756 e. The van der Waals surface area contributed by atoms with Gasteiger partial charge in [-0.2, -0.15) is 0 Å². The van der Waals surface area contributed by atoms with Gasteiger partial charge in [-0.25, -0.2) is 4.58 Å². The second kappa shape index (κ2) is 22.3. The first-order valence-corrected chi connectivity index (χ1v) is 16.4. The largest absolute Gasteiger partial charge is 0.756 e. The summed E-state index contributed by atoms with van der Waals surface area (Å²) in [4.78, 5) is 11.9. The zero-order chi connectivity index (χ0) is 26.3. The maximum absolute atomic E-state index is 11.9. The molecule has 1 rings (SSSR count). The Kier molecular flexibility index (Phi) is 20.6. The van der Waals surface area contributed by atoms with Crippen LogP contribution >= 0.6 is 7.82 Å². The van der Waals surface area contributed by atoms with Crippen LogP contribution in [0.5, 0.6) is 0 Å². The van der Waals surface area contributed by atoms with Crippen LogP contribution in [0.4, 0.5) is 0 Å². The zero-order valence-electron chi connectivity index (χ0n) is 23.8. The summed E-state index contributed by atoms with van der Waals surface area (Å²) in [6, 6.07) is 0. The molecule has 36 heavy (non-hydrogen) atoms. The fraction of sp³-hybridized carbons (Fsp3) is 0.833. The molecule has 0 fully saturated rings. The molecule has 0 bridgehead atoms. The summed E-state index contributed by atoms with van der Waals surface area (Å²) in [6.45, 7) is 4.70. The number of hydrogen-bond acceptors (Lipinski definition) is 4. The van der Waals surface area contributed by atoms with Crippen LogP contribution in [0.25, 0.3) is 0 Å². The molecule has 0 spiro atoms. The van der Waals surface area contributed by atoms with Crippen LogP contribution in [-0.4, -0.2) is 31.1 Å². The summed E-state index contributed by atoms with van der Waals surface area (Å²) in [6.07, 6.45) is 31.3. The molecule has 5 nitrogen and oxygen atoms in total. The van der Waals surface area contributed by atoms with Crippen LogP contribution in [0.2, 0.25) is 0 Å². The summed E-state index contributed by atoms with van der Waals surface area (Å²) in [5, 5.41) is 0. The molecule has 0 amide bonds. The average Bonchev–Trinajstić information content (AvgIpc) is 3.17. The lowest BCUT2D eigenvalue weighted by atomic mass is 10.1. The third kappa shape index (κ3) is 18.5. The quantitative estimate of drug-likeness (QED) is 0.0517. The molecule has 210 valence electrons. The van der Waals surface area contributed by atoms with Gasteiger partial charge >= 0.3 is 0 Å². The maximum atomic E-state index is 11.9. The standard InChI is InChI=1S/C30H56NO4P/c1-4-5-6-7-8-9-10-11-12-13-14-15-16-17-18-19-20-21-22-23-27-34-36(32,33)35-28-25-30-24-26-31(3)29(30)2/h11-12,26H,4-10,13-25,27-28H2,1-3H3/b12-11-. The molecule has 0 aliphatic carbocycles. The Morgan fingerprint density at radius 1 is 0.806 bits per heavy atom. The molecule has 0 aromatic rings. The van der Waals surface area contributed by atoms with Gasteiger partial charge in [0.25, 0.3) is 7.82 Å². The highest BCUT2D eigenvalue weighted by Gasteiger charge is 2.18. The Bertz CT molecular complexity index is 686. The van der Waals surface area contributed by atoms with E-state index in [2.05, 4.69) is 29.9 Å². The molecule has 0 aromatic heterocycles. The first kappa shape index (κ1) is 33.3. The lowest BCUT2D eigenvalue weighted by Gasteiger charge is -2.22. The van der Waals surface area contributed by atoms with Gasteiger partial charge in [0.05, 0.1) is 19.6 Å². The number of phosphoric ester groups is 1. The first-order valence-electron chi connectivity index (χ1n) is 15.0. The van der Waals surface area contributed by atoms with Gasteiger partial charge in [0.15, 0.2) is 5.70 Å². The summed E-state index contributed by atoms with van der Waals surface area (Å²) in [5.74, 6) is 0. The van der Waals surface area contributed by atoms with Crippen LogP contribution in [0.3, 0.4) is 0 Å². The highest BCUT2D eigenvalue weighted by Crippen LogP contribution is 2.39. The Morgan fingerprint density at radius 3 is 1.78 bits per heavy atom. The second-order valence-electron chi connectivity index (χ2n) is 10.4. The molecule has 1 aliphatic heterocycles. The average molecular weight is 526 g/mol. The van der Waals surface area contributed by atoms with E-state index >= 15 is 0 Å². The van der Waals surface area contributed by atoms with Gasteiger partial charge in [-0.3, -0.25) is 4.57 Å². The monoisotopic (exact) mass is 525 g/mol. The first-order chi connectivity index (χ1) is 17.5. The number of rotatable bonds is 25. The summed E-state index contributed by atoms with van der Waals surface area (Å²) < 4.78 is 24.0. The van der Waals surface area contributed by atoms with Gasteiger partial charge in [-0.1, -0.05) is 103 Å². The lowest BCUT2D eigenvalue weighted by molar-refractivity contribution is -0.435. The van der Waals surface area contributed by atoms with E-state index in [1.54, 1.807) is 0 Å². The number of unbranched alkanes of at least 4 members (excludes halogenated alkanes) is 16. The van der Waals surface area contributed by atoms with Crippen molar-refractivity contribution in [3.05, 3.63) is 23.4 Å². The summed E-state index contributed by atoms with van der Waals surface area (Å²) in [5.41, 5.74) is 2.41. The van der Waals surface area contributed by atoms with Crippen molar-refractivity contribution in [2.24, 2.45) is 0 Å². The molecular formula is C30H56NO4P. The van der Waals surface area contributed by atoms with Crippen molar-refractivity contribution < 1.29 is 23.1 Å². The molecule has 0 N–H and O–H groups in total. The Hall–Kier alpha value is -0.740. The molecule has 0 saturated heterocycles. The highest BCUT2D eigenvalue weighted by molar-refractivity contribution is 7.45. The van der Waals surface area contributed by atoms with E-state index < -0.39 is 7.82 Å². The Balaban J connectivity index is 1.81. The minimum absolute atomic E-state index is 0.158. The van der Waals surface area contributed by atoms with Crippen molar-refractivity contribution >= 4 is 14.0 Å². The molecular weight excluding hydrogens is 469 g/mol. The van der Waals surface area contributed by atoms with E-state index in [-0.39, 0.29) is 13.2 Å². The molecule has 1 atom stereocenters. The van der Waals surface area contributed by atoms with Gasteiger partial charge in [-0.05, 0) is 38.5 Å². The topological polar surface area (TPSA) is 61.6 Å². The Labute approximate surface area is 223 Å². The van der Waals surface area contributed by atoms with Crippen molar-refractivity contribution in [2.45, 2.75) is 142 Å². The van der Waals surface area contributed by atoms with Crippen molar-refractivity contribution in [1.82, 2.24) is 0 Å². The predicted molar refractivity (Wildman–Crippen MR) is 152 cm³/mol. The molecule has 1 unspecified atom stereocenters. The van der Waals surface area contributed by atoms with Gasteiger partial charge in [0.2, 0.25) is 0 Å². The van der Waals surface area contributed by atoms with Crippen LogP contribution in [-0.2, 0) is 13.6 Å². The number of phosphoric acid groups is 1.